The van der Waals surface area contributed by atoms with Crippen molar-refractivity contribution in [1.29, 1.82) is 0 Å². The minimum Gasteiger partial charge on any atom is -0.535 e. The van der Waals surface area contributed by atoms with Crippen LogP contribution in [0, 0.1) is 0 Å². The number of hydrogen-bond acceptors (Lipinski definition) is 8. The second-order valence-electron chi connectivity index (χ2n) is 8.08. The number of nitrogens with two attached hydrogens (primary N) is 1. The van der Waals surface area contributed by atoms with Crippen molar-refractivity contribution in [2.75, 3.05) is 13.1 Å². The highest BCUT2D eigenvalue weighted by Gasteiger charge is 2.38. The van der Waals surface area contributed by atoms with Gasteiger partial charge in [0.25, 0.3) is 0 Å². The molecule has 2 heterocycles. The number of likely N-dealkylation sites (tertiary alicyclic amines) is 1. The molecule has 1 amide bonds. The molecule has 2 aliphatic heterocycles. The number of carboxylic acid groups (broad SMARTS) is 3. The van der Waals surface area contributed by atoms with Gasteiger partial charge < -0.3 is 40.4 Å². The Hall–Kier alpha value is -3.53. The molecule has 0 aliphatic carbocycles. The van der Waals surface area contributed by atoms with E-state index < -0.39 is 37.2 Å². The number of rotatable bonds is 8. The van der Waals surface area contributed by atoms with Gasteiger partial charge in [0.2, 0.25) is 5.91 Å². The fraction of sp³-hybridized carbons (Fsp3) is 0.500. The van der Waals surface area contributed by atoms with E-state index in [1.54, 1.807) is 12.1 Å². The zero-order valence-electron chi connectivity index (χ0n) is 18.7. The number of fused-ring (bicyclic) bond motifs is 1. The Balaban J connectivity index is 0.000000572. The fourth-order valence-electron chi connectivity index (χ4n) is 3.37. The molecule has 3 rings (SSSR count). The molecule has 0 radical (unpaired) electrons. The highest BCUT2D eigenvalue weighted by molar-refractivity contribution is 6.44. The molecule has 36 heavy (non-hydrogen) atoms. The van der Waals surface area contributed by atoms with Gasteiger partial charge in [0, 0.05) is 18.9 Å². The molecule has 1 fully saturated rings. The Labute approximate surface area is 202 Å². The van der Waals surface area contributed by atoms with Crippen molar-refractivity contribution in [1.82, 2.24) is 4.90 Å². The predicted octanol–water partition coefficient (Wildman–Crippen LogP) is 0.605. The van der Waals surface area contributed by atoms with Crippen LogP contribution in [0.2, 0.25) is 6.32 Å². The second kappa shape index (κ2) is 11.9. The van der Waals surface area contributed by atoms with E-state index in [4.69, 9.17) is 30.1 Å². The van der Waals surface area contributed by atoms with Crippen molar-refractivity contribution in [3.8, 4) is 11.5 Å². The summed E-state index contributed by atoms with van der Waals surface area (Å²) in [6.45, 7) is 0.564. The Morgan fingerprint density at radius 1 is 1.19 bits per heavy atom. The van der Waals surface area contributed by atoms with Crippen molar-refractivity contribution in [3.63, 3.8) is 0 Å². The lowest BCUT2D eigenvalue weighted by Crippen LogP contribution is -2.57. The molecular weight excluding hydrogens is 496 g/mol. The first-order valence-corrected chi connectivity index (χ1v) is 10.6. The number of benzene rings is 1. The first kappa shape index (κ1) is 28.7. The van der Waals surface area contributed by atoms with E-state index in [1.165, 1.54) is 4.90 Å². The summed E-state index contributed by atoms with van der Waals surface area (Å²) in [6, 6.07) is 2.75. The monoisotopic (exact) mass is 520 g/mol. The number of hydrogen-bond donors (Lipinski definition) is 5. The minimum atomic E-state index is -5.08. The topological polar surface area (TPSA) is 197 Å². The molecule has 1 unspecified atom stereocenters. The van der Waals surface area contributed by atoms with E-state index in [-0.39, 0.29) is 61.4 Å². The van der Waals surface area contributed by atoms with Gasteiger partial charge in [-0.2, -0.15) is 13.2 Å². The standard InChI is InChI=1S/C18H23BN2O8.C2HF3O2/c20-11(2-4-15(23)24)7-14(22)21-8-12(9-21)28-13-3-1-10-5-6-19(27)29-17(10)16(13)18(25)26;3-2(4,5)1(6)7/h1,3,11-12,27H,2,4-9,20H2,(H,23,24)(H,25,26);(H,6,7). The van der Waals surface area contributed by atoms with Gasteiger partial charge in [-0.25, -0.2) is 9.59 Å². The van der Waals surface area contributed by atoms with E-state index in [0.29, 0.717) is 18.3 Å². The van der Waals surface area contributed by atoms with Crippen molar-refractivity contribution in [2.45, 2.75) is 50.3 Å². The Morgan fingerprint density at radius 2 is 1.81 bits per heavy atom. The number of halogens is 3. The van der Waals surface area contributed by atoms with E-state index >= 15 is 0 Å². The maximum atomic E-state index is 12.2. The number of amides is 1. The molecule has 1 saturated heterocycles. The van der Waals surface area contributed by atoms with Crippen molar-refractivity contribution >= 4 is 30.9 Å². The lowest BCUT2D eigenvalue weighted by Gasteiger charge is -2.39. The van der Waals surface area contributed by atoms with Crippen LogP contribution in [-0.2, 0) is 20.8 Å². The molecule has 2 aliphatic rings. The average Bonchev–Trinajstić information content (AvgIpc) is 2.73. The van der Waals surface area contributed by atoms with E-state index in [9.17, 15) is 37.7 Å². The van der Waals surface area contributed by atoms with Crippen molar-refractivity contribution in [3.05, 3.63) is 23.3 Å². The number of ether oxygens (including phenoxy) is 1. The van der Waals surface area contributed by atoms with Gasteiger partial charge in [-0.3, -0.25) is 9.59 Å². The van der Waals surface area contributed by atoms with Gasteiger partial charge in [0.1, 0.15) is 23.2 Å². The quantitative estimate of drug-likeness (QED) is 0.301. The van der Waals surface area contributed by atoms with Gasteiger partial charge in [-0.1, -0.05) is 6.07 Å². The molecule has 0 aromatic heterocycles. The average molecular weight is 520 g/mol. The van der Waals surface area contributed by atoms with Gasteiger partial charge in [0.05, 0.1) is 13.1 Å². The van der Waals surface area contributed by atoms with Crippen LogP contribution in [-0.4, -0.2) is 87.6 Å². The van der Waals surface area contributed by atoms with Crippen LogP contribution < -0.4 is 15.1 Å². The third-order valence-electron chi connectivity index (χ3n) is 5.23. The third kappa shape index (κ3) is 8.01. The fourth-order valence-corrected chi connectivity index (χ4v) is 3.37. The minimum absolute atomic E-state index is 0.0466. The molecule has 1 aromatic carbocycles. The number of aromatic carboxylic acids is 1. The first-order valence-electron chi connectivity index (χ1n) is 10.6. The second-order valence-corrected chi connectivity index (χ2v) is 8.08. The summed E-state index contributed by atoms with van der Waals surface area (Å²) in [7, 11) is -1.06. The number of nitrogens with zero attached hydrogens (tertiary/aromatic N) is 1. The molecule has 12 nitrogen and oxygen atoms in total. The molecule has 1 aromatic rings. The van der Waals surface area contributed by atoms with E-state index in [0.717, 1.165) is 0 Å². The molecule has 198 valence electrons. The van der Waals surface area contributed by atoms with Crippen LogP contribution in [0.5, 0.6) is 11.5 Å². The van der Waals surface area contributed by atoms with E-state index in [2.05, 4.69) is 0 Å². The summed E-state index contributed by atoms with van der Waals surface area (Å²) in [5.41, 5.74) is 6.34. The first-order chi connectivity index (χ1) is 16.7. The number of carbonyl (C=O) groups excluding carboxylic acids is 1. The summed E-state index contributed by atoms with van der Waals surface area (Å²) in [5.74, 6) is -4.89. The molecule has 0 spiro atoms. The van der Waals surface area contributed by atoms with Gasteiger partial charge in [0.15, 0.2) is 0 Å². The Morgan fingerprint density at radius 3 is 2.33 bits per heavy atom. The summed E-state index contributed by atoms with van der Waals surface area (Å²) in [5, 5.41) is 35.0. The molecule has 1 atom stereocenters. The van der Waals surface area contributed by atoms with Gasteiger partial charge in [-0.15, -0.1) is 0 Å². The van der Waals surface area contributed by atoms with Crippen LogP contribution in [0.4, 0.5) is 13.2 Å². The van der Waals surface area contributed by atoms with E-state index in [1.807, 2.05) is 0 Å². The SMILES string of the molecule is NC(CCC(=O)O)CC(=O)N1CC(Oc2ccc3c(c2C(=O)O)OB(O)CC3)C1.O=C(O)C(F)(F)F. The van der Waals surface area contributed by atoms with Crippen LogP contribution in [0.3, 0.4) is 0 Å². The van der Waals surface area contributed by atoms with Gasteiger partial charge in [-0.05, 0) is 30.8 Å². The lowest BCUT2D eigenvalue weighted by atomic mass is 9.78. The Kier molecular flexibility index (Phi) is 9.52. The predicted molar refractivity (Wildman–Crippen MR) is 115 cm³/mol. The van der Waals surface area contributed by atoms with Crippen LogP contribution in [0.25, 0.3) is 0 Å². The van der Waals surface area contributed by atoms with Crippen molar-refractivity contribution in [2.24, 2.45) is 5.73 Å². The normalized spacial score (nSPS) is 15.9. The highest BCUT2D eigenvalue weighted by atomic mass is 19.4. The molecular formula is C20H24BF3N2O10. The van der Waals surface area contributed by atoms with Crippen LogP contribution in [0.15, 0.2) is 12.1 Å². The number of carboxylic acids is 3. The molecule has 0 saturated carbocycles. The molecule has 16 heteroatoms. The third-order valence-corrected chi connectivity index (χ3v) is 5.23. The number of alkyl halides is 3. The zero-order chi connectivity index (χ0) is 27.2. The summed E-state index contributed by atoms with van der Waals surface area (Å²) < 4.78 is 42.8. The summed E-state index contributed by atoms with van der Waals surface area (Å²) in [6.07, 6.45) is -4.39. The van der Waals surface area contributed by atoms with Crippen LogP contribution >= 0.6 is 0 Å². The summed E-state index contributed by atoms with van der Waals surface area (Å²) >= 11 is 0. The summed E-state index contributed by atoms with van der Waals surface area (Å²) in [4.78, 5) is 44.9. The molecule has 0 bridgehead atoms. The maximum Gasteiger partial charge on any atom is 0.522 e. The Bertz CT molecular complexity index is 1000. The number of aryl methyl sites for hydroxylation is 1. The number of carbonyl (C=O) groups is 4. The highest BCUT2D eigenvalue weighted by Crippen LogP contribution is 2.37. The largest absolute Gasteiger partial charge is 0.535 e. The smallest absolute Gasteiger partial charge is 0.522 e. The maximum absolute atomic E-state index is 12.2. The number of aliphatic carboxylic acids is 2. The van der Waals surface area contributed by atoms with Gasteiger partial charge >= 0.3 is 31.2 Å². The lowest BCUT2D eigenvalue weighted by molar-refractivity contribution is -0.192. The zero-order valence-corrected chi connectivity index (χ0v) is 18.7. The molecule has 6 N–H and O–H groups in total. The van der Waals surface area contributed by atoms with Crippen molar-refractivity contribution < 1.29 is 62.1 Å². The van der Waals surface area contributed by atoms with Crippen LogP contribution in [0.1, 0.15) is 35.2 Å².